The first-order valence-electron chi connectivity index (χ1n) is 6.44. The molecule has 0 aliphatic carbocycles. The molecule has 19 heavy (non-hydrogen) atoms. The number of pyridine rings is 1. The Bertz CT molecular complexity index is 509. The Morgan fingerprint density at radius 1 is 1.47 bits per heavy atom. The van der Waals surface area contributed by atoms with Crippen LogP contribution in [0.5, 0.6) is 0 Å². The van der Waals surface area contributed by atoms with Crippen molar-refractivity contribution in [1.29, 1.82) is 0 Å². The highest BCUT2D eigenvalue weighted by atomic mass is 35.5. The number of hydrogen-bond acceptors (Lipinski definition) is 3. The third-order valence-electron chi connectivity index (χ3n) is 2.90. The smallest absolute Gasteiger partial charge is 0.416 e. The van der Waals surface area contributed by atoms with Crippen LogP contribution >= 0.6 is 11.6 Å². The van der Waals surface area contributed by atoms with Crippen LogP contribution in [0.3, 0.4) is 0 Å². The molecule has 1 aliphatic heterocycles. The fraction of sp³-hybridized carbons (Fsp3) is 0.571. The summed E-state index contributed by atoms with van der Waals surface area (Å²) in [4.78, 5) is 18.1. The molecule has 0 spiro atoms. The van der Waals surface area contributed by atoms with Gasteiger partial charge in [0, 0.05) is 6.54 Å². The number of hydrogen-bond donors (Lipinski definition) is 0. The SMILES string of the molecule is Cc1cc2c(nc1Cl)N(C(=O)OC(C)(C)C)CCC2. The van der Waals surface area contributed by atoms with E-state index in [1.165, 1.54) is 0 Å². The molecule has 0 bridgehead atoms. The van der Waals surface area contributed by atoms with Crippen LogP contribution in [0, 0.1) is 6.92 Å². The third-order valence-corrected chi connectivity index (χ3v) is 3.29. The maximum absolute atomic E-state index is 12.2. The molecule has 5 heteroatoms. The number of amides is 1. The van der Waals surface area contributed by atoms with Crippen molar-refractivity contribution < 1.29 is 9.53 Å². The highest BCUT2D eigenvalue weighted by molar-refractivity contribution is 6.30. The molecule has 0 N–H and O–H groups in total. The molecule has 0 saturated heterocycles. The standard InChI is InChI=1S/C14H19ClN2O2/c1-9-8-10-6-5-7-17(12(10)16-11(9)15)13(18)19-14(2,3)4/h8H,5-7H2,1-4H3. The number of fused-ring (bicyclic) bond motifs is 1. The summed E-state index contributed by atoms with van der Waals surface area (Å²) < 4.78 is 5.41. The molecule has 1 aromatic rings. The quantitative estimate of drug-likeness (QED) is 0.681. The van der Waals surface area contributed by atoms with Gasteiger partial charge in [0.15, 0.2) is 0 Å². The van der Waals surface area contributed by atoms with Gasteiger partial charge in [0.25, 0.3) is 0 Å². The predicted molar refractivity (Wildman–Crippen MR) is 75.9 cm³/mol. The number of nitrogens with zero attached hydrogens (tertiary/aromatic N) is 2. The summed E-state index contributed by atoms with van der Waals surface area (Å²) in [5.41, 5.74) is 1.48. The number of aryl methyl sites for hydroxylation is 2. The lowest BCUT2D eigenvalue weighted by Gasteiger charge is -2.31. The zero-order chi connectivity index (χ0) is 14.2. The molecular weight excluding hydrogens is 264 g/mol. The Labute approximate surface area is 118 Å². The van der Waals surface area contributed by atoms with E-state index in [1.54, 1.807) is 4.90 Å². The average molecular weight is 283 g/mol. The number of halogens is 1. The number of carbonyl (C=O) groups excluding carboxylic acids is 1. The summed E-state index contributed by atoms with van der Waals surface area (Å²) in [5.74, 6) is 0.635. The van der Waals surface area contributed by atoms with Crippen LogP contribution in [0.4, 0.5) is 10.6 Å². The van der Waals surface area contributed by atoms with Gasteiger partial charge in [-0.2, -0.15) is 0 Å². The first-order valence-corrected chi connectivity index (χ1v) is 6.82. The fourth-order valence-corrected chi connectivity index (χ4v) is 2.22. The minimum Gasteiger partial charge on any atom is -0.443 e. The molecule has 2 heterocycles. The summed E-state index contributed by atoms with van der Waals surface area (Å²) in [5, 5.41) is 0.439. The average Bonchev–Trinajstić information content (AvgIpc) is 2.27. The van der Waals surface area contributed by atoms with Gasteiger partial charge in [-0.15, -0.1) is 0 Å². The lowest BCUT2D eigenvalue weighted by atomic mass is 10.0. The summed E-state index contributed by atoms with van der Waals surface area (Å²) in [7, 11) is 0. The van der Waals surface area contributed by atoms with Crippen LogP contribution in [0.1, 0.15) is 38.3 Å². The normalized spacial score (nSPS) is 15.1. The molecule has 0 radical (unpaired) electrons. The second kappa shape index (κ2) is 5.00. The van der Waals surface area contributed by atoms with Gasteiger partial charge >= 0.3 is 6.09 Å². The molecule has 1 aliphatic rings. The highest BCUT2D eigenvalue weighted by Gasteiger charge is 2.28. The number of ether oxygens (including phenoxy) is 1. The molecule has 1 aromatic heterocycles. The van der Waals surface area contributed by atoms with Gasteiger partial charge in [0.2, 0.25) is 0 Å². The lowest BCUT2D eigenvalue weighted by Crippen LogP contribution is -2.40. The number of anilines is 1. The molecule has 0 saturated carbocycles. The molecule has 4 nitrogen and oxygen atoms in total. The van der Waals surface area contributed by atoms with Crippen LogP contribution in [0.2, 0.25) is 5.15 Å². The molecule has 0 unspecified atom stereocenters. The molecule has 1 amide bonds. The topological polar surface area (TPSA) is 42.4 Å². The van der Waals surface area contributed by atoms with E-state index in [1.807, 2.05) is 33.8 Å². The summed E-state index contributed by atoms with van der Waals surface area (Å²) >= 11 is 6.06. The van der Waals surface area contributed by atoms with Crippen molar-refractivity contribution in [1.82, 2.24) is 4.98 Å². The van der Waals surface area contributed by atoms with E-state index < -0.39 is 5.60 Å². The molecular formula is C14H19ClN2O2. The van der Waals surface area contributed by atoms with E-state index in [0.29, 0.717) is 17.5 Å². The van der Waals surface area contributed by atoms with E-state index in [9.17, 15) is 4.79 Å². The van der Waals surface area contributed by atoms with E-state index in [4.69, 9.17) is 16.3 Å². The van der Waals surface area contributed by atoms with E-state index >= 15 is 0 Å². The van der Waals surface area contributed by atoms with E-state index in [-0.39, 0.29) is 6.09 Å². The minimum absolute atomic E-state index is 0.360. The Morgan fingerprint density at radius 2 is 2.16 bits per heavy atom. The first kappa shape index (κ1) is 14.1. The van der Waals surface area contributed by atoms with Crippen molar-refractivity contribution in [3.05, 3.63) is 22.3 Å². The van der Waals surface area contributed by atoms with Crippen molar-refractivity contribution >= 4 is 23.5 Å². The van der Waals surface area contributed by atoms with Gasteiger partial charge in [-0.25, -0.2) is 9.78 Å². The Kier molecular flexibility index (Phi) is 3.72. The molecule has 2 rings (SSSR count). The van der Waals surface area contributed by atoms with Crippen LogP contribution in [-0.4, -0.2) is 23.2 Å². The highest BCUT2D eigenvalue weighted by Crippen LogP contribution is 2.30. The van der Waals surface area contributed by atoms with Crippen molar-refractivity contribution in [2.45, 2.75) is 46.1 Å². The van der Waals surface area contributed by atoms with Crippen molar-refractivity contribution in [3.63, 3.8) is 0 Å². The van der Waals surface area contributed by atoms with Gasteiger partial charge in [-0.05, 0) is 57.7 Å². The maximum Gasteiger partial charge on any atom is 0.416 e. The summed E-state index contributed by atoms with van der Waals surface area (Å²) in [6, 6.07) is 2.00. The number of carbonyl (C=O) groups is 1. The first-order chi connectivity index (χ1) is 8.78. The van der Waals surface area contributed by atoms with Crippen molar-refractivity contribution in [2.75, 3.05) is 11.4 Å². The fourth-order valence-electron chi connectivity index (χ4n) is 2.08. The Hall–Kier alpha value is -1.29. The van der Waals surface area contributed by atoms with E-state index in [2.05, 4.69) is 4.98 Å². The maximum atomic E-state index is 12.2. The second-order valence-corrected chi connectivity index (χ2v) is 6.17. The second-order valence-electron chi connectivity index (χ2n) is 5.81. The monoisotopic (exact) mass is 282 g/mol. The lowest BCUT2D eigenvalue weighted by molar-refractivity contribution is 0.0576. The zero-order valence-corrected chi connectivity index (χ0v) is 12.5. The van der Waals surface area contributed by atoms with Crippen molar-refractivity contribution in [2.24, 2.45) is 0 Å². The predicted octanol–water partition coefficient (Wildman–Crippen LogP) is 3.73. The number of rotatable bonds is 0. The third kappa shape index (κ3) is 3.18. The summed E-state index contributed by atoms with van der Waals surface area (Å²) in [6.45, 7) is 8.10. The van der Waals surface area contributed by atoms with Gasteiger partial charge < -0.3 is 4.74 Å². The van der Waals surface area contributed by atoms with Crippen LogP contribution in [-0.2, 0) is 11.2 Å². The van der Waals surface area contributed by atoms with Gasteiger partial charge in [0.1, 0.15) is 16.6 Å². The number of aromatic nitrogens is 1. The largest absolute Gasteiger partial charge is 0.443 e. The zero-order valence-electron chi connectivity index (χ0n) is 11.8. The summed E-state index contributed by atoms with van der Waals surface area (Å²) in [6.07, 6.45) is 1.47. The molecule has 104 valence electrons. The molecule has 0 aromatic carbocycles. The Balaban J connectivity index is 2.32. The minimum atomic E-state index is -0.511. The van der Waals surface area contributed by atoms with Crippen LogP contribution in [0.25, 0.3) is 0 Å². The van der Waals surface area contributed by atoms with E-state index in [0.717, 1.165) is 24.0 Å². The van der Waals surface area contributed by atoms with Gasteiger partial charge in [-0.1, -0.05) is 11.6 Å². The van der Waals surface area contributed by atoms with Crippen LogP contribution < -0.4 is 4.90 Å². The van der Waals surface area contributed by atoms with Crippen LogP contribution in [0.15, 0.2) is 6.07 Å². The molecule has 0 atom stereocenters. The Morgan fingerprint density at radius 3 is 2.79 bits per heavy atom. The molecule has 0 fully saturated rings. The van der Waals surface area contributed by atoms with Crippen molar-refractivity contribution in [3.8, 4) is 0 Å². The van der Waals surface area contributed by atoms with Gasteiger partial charge in [-0.3, -0.25) is 4.90 Å². The van der Waals surface area contributed by atoms with Gasteiger partial charge in [0.05, 0.1) is 0 Å².